The minimum Gasteiger partial charge on any atom is -0.444 e. The second-order valence-electron chi connectivity index (χ2n) is 9.02. The number of aromatic amines is 1. The first-order chi connectivity index (χ1) is 14.5. The van der Waals surface area contributed by atoms with Crippen molar-refractivity contribution in [3.63, 3.8) is 0 Å². The standard InChI is InChI=1S/C20H25N7O4/c1-12-13(9-21-27(12)17-22-15(28)14-7-6-8-26(14)24-17)16(29)25-10-20(5,11-25)23-18(30)31-19(2,3)4/h6-9H,10-11H2,1-5H3,(H,23,30)(H,22,24,28). The monoisotopic (exact) mass is 427 g/mol. The number of aromatic nitrogens is 5. The molecule has 1 aliphatic rings. The Morgan fingerprint density at radius 3 is 2.68 bits per heavy atom. The molecule has 3 aromatic heterocycles. The zero-order chi connectivity index (χ0) is 22.6. The molecular formula is C20H25N7O4. The van der Waals surface area contributed by atoms with Crippen LogP contribution >= 0.6 is 0 Å². The van der Waals surface area contributed by atoms with Gasteiger partial charge < -0.3 is 15.0 Å². The quantitative estimate of drug-likeness (QED) is 0.648. The van der Waals surface area contributed by atoms with E-state index in [-0.39, 0.29) is 17.4 Å². The molecule has 0 spiro atoms. The molecule has 0 radical (unpaired) electrons. The van der Waals surface area contributed by atoms with Crippen LogP contribution in [0.5, 0.6) is 0 Å². The zero-order valence-corrected chi connectivity index (χ0v) is 18.1. The summed E-state index contributed by atoms with van der Waals surface area (Å²) in [5.41, 5.74) is -0.0901. The number of fused-ring (bicyclic) bond motifs is 1. The molecule has 4 heterocycles. The number of carbonyl (C=O) groups is 2. The summed E-state index contributed by atoms with van der Waals surface area (Å²) in [7, 11) is 0. The van der Waals surface area contributed by atoms with Crippen LogP contribution in [0.15, 0.2) is 29.3 Å². The zero-order valence-electron chi connectivity index (χ0n) is 18.1. The number of likely N-dealkylation sites (tertiary alicyclic amines) is 1. The highest BCUT2D eigenvalue weighted by Gasteiger charge is 2.44. The number of alkyl carbamates (subject to hydrolysis) is 1. The average molecular weight is 427 g/mol. The summed E-state index contributed by atoms with van der Waals surface area (Å²) in [6.07, 6.45) is 2.60. The third-order valence-electron chi connectivity index (χ3n) is 5.00. The largest absolute Gasteiger partial charge is 0.444 e. The SMILES string of the molecule is Cc1c(C(=O)N2CC(C)(NC(=O)OC(C)(C)C)C2)cnn1-c1nn2cccc2c(=O)[nH]1. The van der Waals surface area contributed by atoms with E-state index in [9.17, 15) is 14.4 Å². The molecule has 0 atom stereocenters. The topological polar surface area (TPSA) is 127 Å². The van der Waals surface area contributed by atoms with Gasteiger partial charge in [-0.25, -0.2) is 14.0 Å². The summed E-state index contributed by atoms with van der Waals surface area (Å²) in [6, 6.07) is 3.38. The van der Waals surface area contributed by atoms with E-state index in [0.717, 1.165) is 0 Å². The van der Waals surface area contributed by atoms with Gasteiger partial charge in [0.15, 0.2) is 0 Å². The molecule has 0 unspecified atom stereocenters. The van der Waals surface area contributed by atoms with Crippen LogP contribution in [-0.2, 0) is 4.74 Å². The van der Waals surface area contributed by atoms with Crippen LogP contribution in [0.3, 0.4) is 0 Å². The van der Waals surface area contributed by atoms with Crippen molar-refractivity contribution >= 4 is 17.5 Å². The molecule has 1 fully saturated rings. The number of H-pyrrole nitrogens is 1. The fourth-order valence-electron chi connectivity index (χ4n) is 3.60. The summed E-state index contributed by atoms with van der Waals surface area (Å²) < 4.78 is 8.17. The van der Waals surface area contributed by atoms with E-state index < -0.39 is 17.2 Å². The number of hydrogen-bond acceptors (Lipinski definition) is 6. The minimum atomic E-state index is -0.593. The van der Waals surface area contributed by atoms with Crippen LogP contribution in [0.2, 0.25) is 0 Å². The lowest BCUT2D eigenvalue weighted by Crippen LogP contribution is -2.70. The third kappa shape index (κ3) is 3.90. The van der Waals surface area contributed by atoms with Crippen molar-refractivity contribution in [2.75, 3.05) is 13.1 Å². The van der Waals surface area contributed by atoms with Crippen LogP contribution in [0.4, 0.5) is 4.79 Å². The molecule has 3 aromatic rings. The molecule has 31 heavy (non-hydrogen) atoms. The van der Waals surface area contributed by atoms with Gasteiger partial charge in [-0.3, -0.25) is 14.6 Å². The maximum absolute atomic E-state index is 13.0. The highest BCUT2D eigenvalue weighted by Crippen LogP contribution is 2.24. The fraction of sp³-hybridized carbons (Fsp3) is 0.450. The van der Waals surface area contributed by atoms with E-state index in [1.165, 1.54) is 15.4 Å². The van der Waals surface area contributed by atoms with E-state index in [1.54, 1.807) is 50.9 Å². The number of carbonyl (C=O) groups excluding carboxylic acids is 2. The maximum atomic E-state index is 13.0. The van der Waals surface area contributed by atoms with Crippen LogP contribution < -0.4 is 10.9 Å². The number of amides is 2. The first kappa shape index (κ1) is 20.6. The highest BCUT2D eigenvalue weighted by atomic mass is 16.6. The van der Waals surface area contributed by atoms with Crippen molar-refractivity contribution < 1.29 is 14.3 Å². The molecule has 0 aromatic carbocycles. The average Bonchev–Trinajstić information content (AvgIpc) is 3.23. The van der Waals surface area contributed by atoms with Gasteiger partial charge in [-0.1, -0.05) is 0 Å². The van der Waals surface area contributed by atoms with Gasteiger partial charge in [0.05, 0.1) is 23.0 Å². The number of nitrogens with zero attached hydrogens (tertiary/aromatic N) is 5. The van der Waals surface area contributed by atoms with Crippen molar-refractivity contribution in [1.82, 2.24) is 34.6 Å². The van der Waals surface area contributed by atoms with E-state index in [4.69, 9.17) is 4.74 Å². The molecule has 11 nitrogen and oxygen atoms in total. The lowest BCUT2D eigenvalue weighted by atomic mass is 9.91. The van der Waals surface area contributed by atoms with Crippen LogP contribution in [0, 0.1) is 6.92 Å². The van der Waals surface area contributed by atoms with Gasteiger partial charge in [0.2, 0.25) is 5.95 Å². The van der Waals surface area contributed by atoms with Gasteiger partial charge in [0.1, 0.15) is 11.1 Å². The van der Waals surface area contributed by atoms with Crippen LogP contribution in [0.1, 0.15) is 43.7 Å². The van der Waals surface area contributed by atoms with Gasteiger partial charge in [0, 0.05) is 19.3 Å². The highest BCUT2D eigenvalue weighted by molar-refractivity contribution is 5.96. The van der Waals surface area contributed by atoms with Crippen molar-refractivity contribution in [3.8, 4) is 5.95 Å². The normalized spacial score (nSPS) is 15.6. The van der Waals surface area contributed by atoms with Crippen molar-refractivity contribution in [2.24, 2.45) is 0 Å². The lowest BCUT2D eigenvalue weighted by molar-refractivity contribution is 0.0163. The summed E-state index contributed by atoms with van der Waals surface area (Å²) in [5.74, 6) is 0.00175. The van der Waals surface area contributed by atoms with Gasteiger partial charge in [-0.2, -0.15) is 5.10 Å². The second kappa shape index (κ2) is 6.96. The van der Waals surface area contributed by atoms with Gasteiger partial charge >= 0.3 is 6.09 Å². The Hall–Kier alpha value is -3.63. The molecule has 0 aliphatic carbocycles. The molecule has 1 saturated heterocycles. The fourth-order valence-corrected chi connectivity index (χ4v) is 3.60. The Balaban J connectivity index is 1.48. The van der Waals surface area contributed by atoms with Crippen LogP contribution in [0.25, 0.3) is 11.5 Å². The maximum Gasteiger partial charge on any atom is 0.408 e. The molecular weight excluding hydrogens is 402 g/mol. The summed E-state index contributed by atoms with van der Waals surface area (Å²) >= 11 is 0. The molecule has 0 bridgehead atoms. The Labute approximate surface area is 178 Å². The molecule has 2 N–H and O–H groups in total. The predicted molar refractivity (Wildman–Crippen MR) is 111 cm³/mol. The van der Waals surface area contributed by atoms with E-state index >= 15 is 0 Å². The molecule has 2 amide bonds. The Kier molecular flexibility index (Phi) is 4.64. The molecule has 11 heteroatoms. The molecule has 1 aliphatic heterocycles. The van der Waals surface area contributed by atoms with Crippen molar-refractivity contribution in [3.05, 3.63) is 46.1 Å². The Bertz CT molecular complexity index is 1220. The summed E-state index contributed by atoms with van der Waals surface area (Å²) in [6.45, 7) is 9.67. The Morgan fingerprint density at radius 1 is 1.29 bits per heavy atom. The van der Waals surface area contributed by atoms with Gasteiger partial charge in [0.25, 0.3) is 11.5 Å². The Morgan fingerprint density at radius 2 is 2.00 bits per heavy atom. The summed E-state index contributed by atoms with van der Waals surface area (Å²) in [5, 5.41) is 11.4. The summed E-state index contributed by atoms with van der Waals surface area (Å²) in [4.78, 5) is 41.5. The lowest BCUT2D eigenvalue weighted by Gasteiger charge is -2.48. The number of rotatable bonds is 3. The second-order valence-corrected chi connectivity index (χ2v) is 9.02. The first-order valence-corrected chi connectivity index (χ1v) is 9.89. The number of hydrogen-bond donors (Lipinski definition) is 2. The van der Waals surface area contributed by atoms with Crippen LogP contribution in [-0.4, -0.2) is 65.5 Å². The number of nitrogens with one attached hydrogen (secondary N) is 2. The third-order valence-corrected chi connectivity index (χ3v) is 5.00. The smallest absolute Gasteiger partial charge is 0.408 e. The van der Waals surface area contributed by atoms with E-state index in [1.807, 2.05) is 6.92 Å². The van der Waals surface area contributed by atoms with Gasteiger partial charge in [-0.15, -0.1) is 5.10 Å². The van der Waals surface area contributed by atoms with Gasteiger partial charge in [-0.05, 0) is 46.8 Å². The molecule has 4 rings (SSSR count). The van der Waals surface area contributed by atoms with E-state index in [0.29, 0.717) is 29.9 Å². The predicted octanol–water partition coefficient (Wildman–Crippen LogP) is 1.26. The number of ether oxygens (including phenoxy) is 1. The molecule has 0 saturated carbocycles. The van der Waals surface area contributed by atoms with E-state index in [2.05, 4.69) is 20.5 Å². The van der Waals surface area contributed by atoms with Crippen molar-refractivity contribution in [2.45, 2.75) is 45.8 Å². The first-order valence-electron chi connectivity index (χ1n) is 9.89. The molecule has 164 valence electrons. The van der Waals surface area contributed by atoms with Crippen molar-refractivity contribution in [1.29, 1.82) is 0 Å². The minimum absolute atomic E-state index is 0.211.